The van der Waals surface area contributed by atoms with E-state index in [4.69, 9.17) is 4.74 Å². The first-order chi connectivity index (χ1) is 6.40. The van der Waals surface area contributed by atoms with Crippen molar-refractivity contribution in [2.45, 2.75) is 12.8 Å². The van der Waals surface area contributed by atoms with Crippen LogP contribution < -0.4 is 4.74 Å². The van der Waals surface area contributed by atoms with Gasteiger partial charge in [-0.05, 0) is 25.0 Å². The van der Waals surface area contributed by atoms with Gasteiger partial charge in [0.05, 0.1) is 12.7 Å². The monoisotopic (exact) mass is 172 g/mol. The quantitative estimate of drug-likeness (QED) is 0.591. The lowest BCUT2D eigenvalue weighted by molar-refractivity contribution is 0.413. The summed E-state index contributed by atoms with van der Waals surface area (Å²) < 4.78 is 5.20. The maximum atomic E-state index is 5.20. The van der Waals surface area contributed by atoms with Crippen molar-refractivity contribution in [2.75, 3.05) is 7.11 Å². The van der Waals surface area contributed by atoms with E-state index in [0.29, 0.717) is 5.92 Å². The van der Waals surface area contributed by atoms with E-state index < -0.39 is 0 Å². The highest BCUT2D eigenvalue weighted by Gasteiger charge is 2.17. The lowest BCUT2D eigenvalue weighted by atomic mass is 10.2. The van der Waals surface area contributed by atoms with E-state index >= 15 is 0 Å². The Morgan fingerprint density at radius 3 is 2.77 bits per heavy atom. The predicted octanol–water partition coefficient (Wildman–Crippen LogP) is 2.46. The highest BCUT2D eigenvalue weighted by Crippen LogP contribution is 2.28. The highest BCUT2D eigenvalue weighted by molar-refractivity contribution is 5.46. The number of ether oxygens (including phenoxy) is 1. The molecule has 0 heterocycles. The summed E-state index contributed by atoms with van der Waals surface area (Å²) in [7, 11) is 1.68. The summed E-state index contributed by atoms with van der Waals surface area (Å²) in [5.74, 6) is 7.88. The molecule has 2 rings (SSSR count). The van der Waals surface area contributed by atoms with Gasteiger partial charge < -0.3 is 4.74 Å². The third-order valence-corrected chi connectivity index (χ3v) is 2.10. The van der Waals surface area contributed by atoms with Crippen LogP contribution in [0.1, 0.15) is 18.4 Å². The molecular weight excluding hydrogens is 160 g/mol. The van der Waals surface area contributed by atoms with Crippen molar-refractivity contribution < 1.29 is 4.74 Å². The fourth-order valence-electron chi connectivity index (χ4n) is 1.16. The zero-order chi connectivity index (χ0) is 9.10. The SMILES string of the molecule is COc1ccccc1C#CC1CC1. The topological polar surface area (TPSA) is 9.23 Å². The fourth-order valence-corrected chi connectivity index (χ4v) is 1.16. The van der Waals surface area contributed by atoms with E-state index in [1.54, 1.807) is 7.11 Å². The summed E-state index contributed by atoms with van der Waals surface area (Å²) in [5.41, 5.74) is 0.997. The molecule has 1 aromatic carbocycles. The van der Waals surface area contributed by atoms with Crippen molar-refractivity contribution in [3.63, 3.8) is 0 Å². The van der Waals surface area contributed by atoms with E-state index in [2.05, 4.69) is 11.8 Å². The van der Waals surface area contributed by atoms with Gasteiger partial charge in [0.2, 0.25) is 0 Å². The lowest BCUT2D eigenvalue weighted by Crippen LogP contribution is -1.86. The smallest absolute Gasteiger partial charge is 0.134 e. The van der Waals surface area contributed by atoms with Crippen LogP contribution in [0.3, 0.4) is 0 Å². The number of hydrogen-bond acceptors (Lipinski definition) is 1. The van der Waals surface area contributed by atoms with Gasteiger partial charge in [-0.25, -0.2) is 0 Å². The van der Waals surface area contributed by atoms with Crippen LogP contribution in [0.25, 0.3) is 0 Å². The highest BCUT2D eigenvalue weighted by atomic mass is 16.5. The van der Waals surface area contributed by atoms with Crippen LogP contribution in [0.5, 0.6) is 5.75 Å². The third-order valence-electron chi connectivity index (χ3n) is 2.10. The molecule has 1 aliphatic rings. The number of para-hydroxylation sites is 1. The largest absolute Gasteiger partial charge is 0.495 e. The van der Waals surface area contributed by atoms with E-state index in [1.807, 2.05) is 24.3 Å². The molecular formula is C12H12O. The Kier molecular flexibility index (Phi) is 2.23. The fraction of sp³-hybridized carbons (Fsp3) is 0.333. The summed E-state index contributed by atoms with van der Waals surface area (Å²) in [4.78, 5) is 0. The van der Waals surface area contributed by atoms with Crippen LogP contribution in [-0.2, 0) is 0 Å². The Labute approximate surface area is 78.7 Å². The molecule has 1 heteroatoms. The molecule has 1 nitrogen and oxygen atoms in total. The van der Waals surface area contributed by atoms with E-state index in [0.717, 1.165) is 11.3 Å². The average molecular weight is 172 g/mol. The second kappa shape index (κ2) is 3.53. The van der Waals surface area contributed by atoms with Crippen LogP contribution >= 0.6 is 0 Å². The van der Waals surface area contributed by atoms with Crippen molar-refractivity contribution >= 4 is 0 Å². The molecule has 0 atom stereocenters. The van der Waals surface area contributed by atoms with E-state index in [-0.39, 0.29) is 0 Å². The Morgan fingerprint density at radius 2 is 2.08 bits per heavy atom. The Bertz CT molecular complexity index is 353. The van der Waals surface area contributed by atoms with Crippen molar-refractivity contribution in [2.24, 2.45) is 5.92 Å². The minimum absolute atomic E-state index is 0.643. The molecule has 13 heavy (non-hydrogen) atoms. The van der Waals surface area contributed by atoms with Gasteiger partial charge in [-0.2, -0.15) is 0 Å². The minimum atomic E-state index is 0.643. The molecule has 1 fully saturated rings. The molecule has 0 unspecified atom stereocenters. The number of hydrogen-bond donors (Lipinski definition) is 0. The minimum Gasteiger partial charge on any atom is -0.495 e. The van der Waals surface area contributed by atoms with Gasteiger partial charge in [-0.15, -0.1) is 0 Å². The Hall–Kier alpha value is -1.42. The summed E-state index contributed by atoms with van der Waals surface area (Å²) in [6, 6.07) is 7.88. The van der Waals surface area contributed by atoms with E-state index in [1.165, 1.54) is 12.8 Å². The molecule has 0 spiro atoms. The molecule has 0 amide bonds. The van der Waals surface area contributed by atoms with Gasteiger partial charge >= 0.3 is 0 Å². The summed E-state index contributed by atoms with van der Waals surface area (Å²) in [6.07, 6.45) is 2.53. The zero-order valence-electron chi connectivity index (χ0n) is 7.71. The second-order valence-corrected chi connectivity index (χ2v) is 3.24. The zero-order valence-corrected chi connectivity index (χ0v) is 7.71. The molecule has 66 valence electrons. The van der Waals surface area contributed by atoms with Crippen molar-refractivity contribution in [1.29, 1.82) is 0 Å². The van der Waals surface area contributed by atoms with Gasteiger partial charge in [0.25, 0.3) is 0 Å². The van der Waals surface area contributed by atoms with Gasteiger partial charge in [-0.3, -0.25) is 0 Å². The second-order valence-electron chi connectivity index (χ2n) is 3.24. The summed E-state index contributed by atoms with van der Waals surface area (Å²) in [6.45, 7) is 0. The van der Waals surface area contributed by atoms with Gasteiger partial charge in [0.15, 0.2) is 0 Å². The summed E-state index contributed by atoms with van der Waals surface area (Å²) in [5, 5.41) is 0. The first kappa shape index (κ1) is 8.19. The number of rotatable bonds is 1. The van der Waals surface area contributed by atoms with Gasteiger partial charge in [0, 0.05) is 5.92 Å². The third kappa shape index (κ3) is 2.03. The van der Waals surface area contributed by atoms with Crippen molar-refractivity contribution in [1.82, 2.24) is 0 Å². The maximum absolute atomic E-state index is 5.20. The van der Waals surface area contributed by atoms with Gasteiger partial charge in [-0.1, -0.05) is 24.0 Å². The first-order valence-corrected chi connectivity index (χ1v) is 4.54. The molecule has 0 N–H and O–H groups in total. The van der Waals surface area contributed by atoms with Crippen LogP contribution in [0.4, 0.5) is 0 Å². The lowest BCUT2D eigenvalue weighted by Gasteiger charge is -2.00. The molecule has 1 aliphatic carbocycles. The van der Waals surface area contributed by atoms with Crippen LogP contribution in [0, 0.1) is 17.8 Å². The van der Waals surface area contributed by atoms with Gasteiger partial charge in [0.1, 0.15) is 5.75 Å². The standard InChI is InChI=1S/C12H12O/c1-13-12-5-3-2-4-11(12)9-8-10-6-7-10/h2-5,10H,6-7H2,1H3. The number of benzene rings is 1. The first-order valence-electron chi connectivity index (χ1n) is 4.54. The average Bonchev–Trinajstić information content (AvgIpc) is 2.99. The molecule has 1 aromatic rings. The molecule has 0 aliphatic heterocycles. The number of methoxy groups -OCH3 is 1. The molecule has 0 aromatic heterocycles. The van der Waals surface area contributed by atoms with Crippen LogP contribution in [0.15, 0.2) is 24.3 Å². The van der Waals surface area contributed by atoms with Crippen LogP contribution in [0.2, 0.25) is 0 Å². The normalized spacial score (nSPS) is 14.5. The Morgan fingerprint density at radius 1 is 1.31 bits per heavy atom. The maximum Gasteiger partial charge on any atom is 0.134 e. The molecule has 0 saturated heterocycles. The Balaban J connectivity index is 2.23. The summed E-state index contributed by atoms with van der Waals surface area (Å²) >= 11 is 0. The molecule has 1 saturated carbocycles. The van der Waals surface area contributed by atoms with Crippen molar-refractivity contribution in [3.05, 3.63) is 29.8 Å². The van der Waals surface area contributed by atoms with Crippen LogP contribution in [-0.4, -0.2) is 7.11 Å². The van der Waals surface area contributed by atoms with Crippen molar-refractivity contribution in [3.8, 4) is 17.6 Å². The molecule has 0 radical (unpaired) electrons. The van der Waals surface area contributed by atoms with E-state index in [9.17, 15) is 0 Å². The molecule has 0 bridgehead atoms. The predicted molar refractivity (Wildman–Crippen MR) is 52.6 cm³/mol.